The number of anilines is 1. The van der Waals surface area contributed by atoms with E-state index in [-0.39, 0.29) is 6.04 Å². The van der Waals surface area contributed by atoms with E-state index in [0.717, 1.165) is 30.0 Å². The quantitative estimate of drug-likeness (QED) is 0.864. The number of hydrogen-bond donors (Lipinski definition) is 1. The number of nitriles is 1. The van der Waals surface area contributed by atoms with Gasteiger partial charge in [0, 0.05) is 34.0 Å². The molecule has 0 atom stereocenters. The fourth-order valence-electron chi connectivity index (χ4n) is 1.89. The molecule has 0 radical (unpaired) electrons. The molecule has 1 saturated heterocycles. The molecule has 4 nitrogen and oxygen atoms in total. The van der Waals surface area contributed by atoms with Crippen molar-refractivity contribution in [1.82, 2.24) is 4.98 Å². The first-order valence-corrected chi connectivity index (χ1v) is 7.17. The Balaban J connectivity index is 2.10. The van der Waals surface area contributed by atoms with Crippen LogP contribution in [0.5, 0.6) is 0 Å². The van der Waals surface area contributed by atoms with E-state index in [0.29, 0.717) is 11.4 Å². The van der Waals surface area contributed by atoms with Crippen LogP contribution in [0.1, 0.15) is 24.1 Å². The minimum Gasteiger partial charge on any atom is -0.366 e. The highest BCUT2D eigenvalue weighted by Gasteiger charge is 2.19. The van der Waals surface area contributed by atoms with Crippen LogP contribution in [0.4, 0.5) is 5.82 Å². The highest BCUT2D eigenvalue weighted by atomic mass is 32.2. The fourth-order valence-corrected chi connectivity index (χ4v) is 3.19. The molecule has 0 aliphatic carbocycles. The van der Waals surface area contributed by atoms with E-state index in [1.54, 1.807) is 6.07 Å². The Labute approximate surface area is 104 Å². The van der Waals surface area contributed by atoms with Crippen LogP contribution in [-0.2, 0) is 10.8 Å². The summed E-state index contributed by atoms with van der Waals surface area (Å²) in [5, 5.41) is 12.3. The van der Waals surface area contributed by atoms with Gasteiger partial charge >= 0.3 is 0 Å². The van der Waals surface area contributed by atoms with Crippen molar-refractivity contribution in [3.05, 3.63) is 23.4 Å². The van der Waals surface area contributed by atoms with Crippen LogP contribution < -0.4 is 5.32 Å². The van der Waals surface area contributed by atoms with Crippen molar-refractivity contribution in [3.8, 4) is 6.07 Å². The molecule has 0 spiro atoms. The van der Waals surface area contributed by atoms with Crippen LogP contribution in [0.25, 0.3) is 0 Å². The van der Waals surface area contributed by atoms with Gasteiger partial charge in [-0.05, 0) is 31.9 Å². The maximum Gasteiger partial charge on any atom is 0.144 e. The van der Waals surface area contributed by atoms with Gasteiger partial charge in [0.15, 0.2) is 0 Å². The molecular formula is C12H15N3OS. The predicted molar refractivity (Wildman–Crippen MR) is 68.2 cm³/mol. The highest BCUT2D eigenvalue weighted by Crippen LogP contribution is 2.18. The summed E-state index contributed by atoms with van der Waals surface area (Å²) in [7, 11) is -0.656. The first kappa shape index (κ1) is 12.1. The van der Waals surface area contributed by atoms with E-state index >= 15 is 0 Å². The van der Waals surface area contributed by atoms with Crippen LogP contribution in [-0.4, -0.2) is 26.7 Å². The minimum absolute atomic E-state index is 0.286. The van der Waals surface area contributed by atoms with Gasteiger partial charge in [-0.25, -0.2) is 4.98 Å². The van der Waals surface area contributed by atoms with Crippen molar-refractivity contribution in [2.45, 2.75) is 25.8 Å². The zero-order valence-corrected chi connectivity index (χ0v) is 10.6. The Morgan fingerprint density at radius 1 is 1.47 bits per heavy atom. The molecule has 0 bridgehead atoms. The monoisotopic (exact) mass is 249 g/mol. The zero-order chi connectivity index (χ0) is 12.3. The first-order valence-electron chi connectivity index (χ1n) is 5.68. The lowest BCUT2D eigenvalue weighted by Crippen LogP contribution is -2.30. The van der Waals surface area contributed by atoms with Crippen LogP contribution in [0.2, 0.25) is 0 Å². The highest BCUT2D eigenvalue weighted by molar-refractivity contribution is 7.85. The molecule has 1 fully saturated rings. The molecule has 17 heavy (non-hydrogen) atoms. The molecule has 2 rings (SSSR count). The first-order chi connectivity index (χ1) is 8.19. The molecule has 1 aromatic heterocycles. The SMILES string of the molecule is Cc1ccc(C#N)c(NC2CCS(=O)CC2)n1. The lowest BCUT2D eigenvalue weighted by molar-refractivity contribution is 0.622. The van der Waals surface area contributed by atoms with Gasteiger partial charge in [-0.2, -0.15) is 5.26 Å². The van der Waals surface area contributed by atoms with E-state index in [1.807, 2.05) is 13.0 Å². The summed E-state index contributed by atoms with van der Waals surface area (Å²) >= 11 is 0. The van der Waals surface area contributed by atoms with Crippen molar-refractivity contribution in [1.29, 1.82) is 5.26 Å². The van der Waals surface area contributed by atoms with E-state index < -0.39 is 10.8 Å². The fraction of sp³-hybridized carbons (Fsp3) is 0.500. The van der Waals surface area contributed by atoms with Crippen molar-refractivity contribution in [3.63, 3.8) is 0 Å². The number of aryl methyl sites for hydroxylation is 1. The lowest BCUT2D eigenvalue weighted by Gasteiger charge is -2.23. The Bertz CT molecular complexity index is 471. The maximum atomic E-state index is 11.3. The van der Waals surface area contributed by atoms with Crippen molar-refractivity contribution in [2.75, 3.05) is 16.8 Å². The summed E-state index contributed by atoms with van der Waals surface area (Å²) in [6, 6.07) is 6.04. The van der Waals surface area contributed by atoms with E-state index in [9.17, 15) is 4.21 Å². The molecule has 0 saturated carbocycles. The molecule has 0 amide bonds. The van der Waals surface area contributed by atoms with E-state index in [1.165, 1.54) is 0 Å². The zero-order valence-electron chi connectivity index (χ0n) is 9.77. The average molecular weight is 249 g/mol. The van der Waals surface area contributed by atoms with Gasteiger partial charge in [-0.15, -0.1) is 0 Å². The number of nitrogens with zero attached hydrogens (tertiary/aromatic N) is 2. The molecule has 90 valence electrons. The third kappa shape index (κ3) is 3.04. The maximum absolute atomic E-state index is 11.3. The second kappa shape index (κ2) is 5.28. The largest absolute Gasteiger partial charge is 0.366 e. The van der Waals surface area contributed by atoms with Crippen molar-refractivity contribution in [2.24, 2.45) is 0 Å². The van der Waals surface area contributed by atoms with Crippen molar-refractivity contribution >= 4 is 16.6 Å². The summed E-state index contributed by atoms with van der Waals surface area (Å²) in [5.41, 5.74) is 1.47. The van der Waals surface area contributed by atoms with Gasteiger partial charge in [-0.3, -0.25) is 4.21 Å². The van der Waals surface area contributed by atoms with Gasteiger partial charge in [0.05, 0.1) is 5.56 Å². The lowest BCUT2D eigenvalue weighted by atomic mass is 10.1. The normalized spacial score (nSPS) is 24.0. The van der Waals surface area contributed by atoms with Gasteiger partial charge in [0.25, 0.3) is 0 Å². The summed E-state index contributed by atoms with van der Waals surface area (Å²) in [6.45, 7) is 1.91. The molecule has 1 aliphatic rings. The van der Waals surface area contributed by atoms with Gasteiger partial charge in [-0.1, -0.05) is 0 Å². The Hall–Kier alpha value is -1.41. The Morgan fingerprint density at radius 3 is 2.82 bits per heavy atom. The van der Waals surface area contributed by atoms with Crippen LogP contribution in [0.3, 0.4) is 0 Å². The smallest absolute Gasteiger partial charge is 0.144 e. The van der Waals surface area contributed by atoms with Crippen LogP contribution in [0, 0.1) is 18.3 Å². The Morgan fingerprint density at radius 2 is 2.18 bits per heavy atom. The third-order valence-electron chi connectivity index (χ3n) is 2.88. The van der Waals surface area contributed by atoms with E-state index in [2.05, 4.69) is 16.4 Å². The number of rotatable bonds is 2. The second-order valence-corrected chi connectivity index (χ2v) is 5.92. The minimum atomic E-state index is -0.656. The Kier molecular flexibility index (Phi) is 3.75. The molecule has 1 aliphatic heterocycles. The van der Waals surface area contributed by atoms with Gasteiger partial charge < -0.3 is 5.32 Å². The molecular weight excluding hydrogens is 234 g/mol. The molecule has 2 heterocycles. The molecule has 0 aromatic carbocycles. The van der Waals surface area contributed by atoms with Gasteiger partial charge in [0.1, 0.15) is 11.9 Å². The standard InChI is InChI=1S/C12H15N3OS/c1-9-2-3-10(8-13)12(14-9)15-11-4-6-17(16)7-5-11/h2-3,11H,4-7H2,1H3,(H,14,15). The summed E-state index contributed by atoms with van der Waals surface area (Å²) < 4.78 is 11.3. The number of pyridine rings is 1. The third-order valence-corrected chi connectivity index (χ3v) is 4.27. The summed E-state index contributed by atoms with van der Waals surface area (Å²) in [6.07, 6.45) is 1.76. The summed E-state index contributed by atoms with van der Waals surface area (Å²) in [5.74, 6) is 2.14. The number of hydrogen-bond acceptors (Lipinski definition) is 4. The number of nitrogens with one attached hydrogen (secondary N) is 1. The average Bonchev–Trinajstić information content (AvgIpc) is 2.32. The van der Waals surface area contributed by atoms with Crippen molar-refractivity contribution < 1.29 is 4.21 Å². The van der Waals surface area contributed by atoms with Gasteiger partial charge in [0.2, 0.25) is 0 Å². The van der Waals surface area contributed by atoms with Crippen LogP contribution >= 0.6 is 0 Å². The summed E-state index contributed by atoms with van der Waals surface area (Å²) in [4.78, 5) is 4.35. The molecule has 0 unspecified atom stereocenters. The predicted octanol–water partition coefficient (Wildman–Crippen LogP) is 1.58. The topological polar surface area (TPSA) is 65.8 Å². The van der Waals surface area contributed by atoms with E-state index in [4.69, 9.17) is 5.26 Å². The molecule has 5 heteroatoms. The number of aromatic nitrogens is 1. The molecule has 1 N–H and O–H groups in total. The molecule has 1 aromatic rings. The second-order valence-electron chi connectivity index (χ2n) is 4.23. The van der Waals surface area contributed by atoms with Crippen LogP contribution in [0.15, 0.2) is 12.1 Å².